The van der Waals surface area contributed by atoms with Crippen molar-refractivity contribution < 1.29 is 22.8 Å². The summed E-state index contributed by atoms with van der Waals surface area (Å²) in [6, 6.07) is 3.56. The van der Waals surface area contributed by atoms with E-state index < -0.39 is 23.3 Å². The van der Waals surface area contributed by atoms with Gasteiger partial charge in [-0.05, 0) is 40.5 Å². The molecule has 0 bridgehead atoms. The maximum Gasteiger partial charge on any atom is 0.416 e. The minimum Gasteiger partial charge on any atom is -0.351 e. The van der Waals surface area contributed by atoms with Gasteiger partial charge >= 0.3 is 6.18 Å². The zero-order valence-electron chi connectivity index (χ0n) is 12.6. The van der Waals surface area contributed by atoms with Gasteiger partial charge in [-0.25, -0.2) is 9.97 Å². The number of benzene rings is 1. The summed E-state index contributed by atoms with van der Waals surface area (Å²) in [7, 11) is 0. The lowest BCUT2D eigenvalue weighted by Crippen LogP contribution is -2.25. The molecule has 1 N–H and O–H groups in total. The van der Waals surface area contributed by atoms with Crippen LogP contribution in [-0.4, -0.2) is 21.5 Å². The van der Waals surface area contributed by atoms with Gasteiger partial charge in [0.25, 0.3) is 0 Å². The van der Waals surface area contributed by atoms with Crippen molar-refractivity contribution in [1.82, 2.24) is 9.97 Å². The normalized spacial score (nSPS) is 14.6. The van der Waals surface area contributed by atoms with Crippen LogP contribution < -0.4 is 5.32 Å². The Kier molecular flexibility index (Phi) is 4.19. The van der Waals surface area contributed by atoms with E-state index in [2.05, 4.69) is 31.2 Å². The van der Waals surface area contributed by atoms with Gasteiger partial charge in [0, 0.05) is 11.9 Å². The van der Waals surface area contributed by atoms with E-state index in [0.717, 1.165) is 12.4 Å². The molecule has 1 aliphatic carbocycles. The molecule has 1 heterocycles. The van der Waals surface area contributed by atoms with Crippen molar-refractivity contribution in [3.63, 3.8) is 0 Å². The topological polar surface area (TPSA) is 72.0 Å². The van der Waals surface area contributed by atoms with Crippen molar-refractivity contribution in [3.05, 3.63) is 63.3 Å². The van der Waals surface area contributed by atoms with Crippen LogP contribution in [-0.2, 0) is 6.18 Å². The van der Waals surface area contributed by atoms with E-state index in [-0.39, 0.29) is 32.7 Å². The first-order valence-electron chi connectivity index (χ1n) is 6.95. The first-order chi connectivity index (χ1) is 11.7. The third-order valence-electron chi connectivity index (χ3n) is 3.72. The van der Waals surface area contributed by atoms with E-state index in [1.165, 1.54) is 25.3 Å². The summed E-state index contributed by atoms with van der Waals surface area (Å²) in [5, 5.41) is 2.64. The standard InChI is InChI=1S/C16H9BrF3N3O2/c1-7-9(16(18,19)20)3-2-4-10(7)23-13-11(17)15(25)12-8(14(13)24)5-21-6-22-12/h2-6,23H,1H3. The Morgan fingerprint density at radius 2 is 1.88 bits per heavy atom. The molecular weight excluding hydrogens is 403 g/mol. The molecule has 25 heavy (non-hydrogen) atoms. The van der Waals surface area contributed by atoms with Gasteiger partial charge in [-0.15, -0.1) is 0 Å². The molecular formula is C16H9BrF3N3O2. The molecule has 0 saturated carbocycles. The Bertz CT molecular complexity index is 938. The number of aromatic nitrogens is 2. The molecule has 1 aliphatic rings. The highest BCUT2D eigenvalue weighted by molar-refractivity contribution is 9.12. The molecule has 9 heteroatoms. The lowest BCUT2D eigenvalue weighted by molar-refractivity contribution is -0.138. The molecule has 0 spiro atoms. The fourth-order valence-electron chi connectivity index (χ4n) is 2.45. The van der Waals surface area contributed by atoms with Crippen LogP contribution in [0, 0.1) is 6.92 Å². The molecule has 3 rings (SSSR count). The molecule has 2 aromatic rings. The average molecular weight is 412 g/mol. The van der Waals surface area contributed by atoms with Gasteiger partial charge in [0.15, 0.2) is 0 Å². The van der Waals surface area contributed by atoms with Crippen molar-refractivity contribution in [2.75, 3.05) is 5.32 Å². The SMILES string of the molecule is Cc1c(NC2=C(Br)C(=O)c3ncncc3C2=O)cccc1C(F)(F)F. The van der Waals surface area contributed by atoms with Crippen molar-refractivity contribution in [2.24, 2.45) is 0 Å². The molecule has 0 saturated heterocycles. The van der Waals surface area contributed by atoms with Gasteiger partial charge in [-0.2, -0.15) is 13.2 Å². The number of nitrogens with zero attached hydrogens (tertiary/aromatic N) is 2. The second-order valence-corrected chi connectivity index (χ2v) is 6.03. The first-order valence-corrected chi connectivity index (χ1v) is 7.74. The zero-order valence-corrected chi connectivity index (χ0v) is 14.2. The summed E-state index contributed by atoms with van der Waals surface area (Å²) >= 11 is 3.03. The van der Waals surface area contributed by atoms with Gasteiger partial charge in [-0.3, -0.25) is 9.59 Å². The maximum absolute atomic E-state index is 13.0. The molecule has 0 unspecified atom stereocenters. The molecule has 5 nitrogen and oxygen atoms in total. The Hall–Kier alpha value is -2.55. The fraction of sp³-hybridized carbons (Fsp3) is 0.125. The summed E-state index contributed by atoms with van der Waals surface area (Å²) in [6.45, 7) is 1.28. The van der Waals surface area contributed by atoms with Crippen LogP contribution in [0.1, 0.15) is 32.0 Å². The number of nitrogens with one attached hydrogen (secondary N) is 1. The van der Waals surface area contributed by atoms with Crippen molar-refractivity contribution in [1.29, 1.82) is 0 Å². The van der Waals surface area contributed by atoms with Crippen LogP contribution >= 0.6 is 15.9 Å². The predicted molar refractivity (Wildman–Crippen MR) is 86.4 cm³/mol. The van der Waals surface area contributed by atoms with E-state index >= 15 is 0 Å². The highest BCUT2D eigenvalue weighted by atomic mass is 79.9. The van der Waals surface area contributed by atoms with E-state index in [9.17, 15) is 22.8 Å². The van der Waals surface area contributed by atoms with E-state index in [0.29, 0.717) is 0 Å². The first kappa shape index (κ1) is 17.3. The van der Waals surface area contributed by atoms with Crippen LogP contribution in [0.5, 0.6) is 0 Å². The number of halogens is 4. The summed E-state index contributed by atoms with van der Waals surface area (Å²) in [5.74, 6) is -1.14. The average Bonchev–Trinajstić information content (AvgIpc) is 2.57. The fourth-order valence-corrected chi connectivity index (χ4v) is 2.92. The zero-order chi connectivity index (χ0) is 18.4. The molecule has 0 fully saturated rings. The minimum atomic E-state index is -4.53. The van der Waals surface area contributed by atoms with Gasteiger partial charge in [-0.1, -0.05) is 6.07 Å². The van der Waals surface area contributed by atoms with Crippen molar-refractivity contribution in [3.8, 4) is 0 Å². The highest BCUT2D eigenvalue weighted by Crippen LogP contribution is 2.36. The molecule has 0 amide bonds. The number of allylic oxidation sites excluding steroid dienone is 2. The minimum absolute atomic E-state index is 0.0113. The summed E-state index contributed by atoms with van der Waals surface area (Å²) in [5.41, 5.74) is -1.07. The summed E-state index contributed by atoms with van der Waals surface area (Å²) in [6.07, 6.45) is -2.19. The van der Waals surface area contributed by atoms with E-state index in [1.807, 2.05) is 0 Å². The largest absolute Gasteiger partial charge is 0.416 e. The predicted octanol–water partition coefficient (Wildman–Crippen LogP) is 3.90. The van der Waals surface area contributed by atoms with Crippen LogP contribution in [0.25, 0.3) is 0 Å². The van der Waals surface area contributed by atoms with Crippen molar-refractivity contribution in [2.45, 2.75) is 13.1 Å². The Morgan fingerprint density at radius 3 is 2.56 bits per heavy atom. The Morgan fingerprint density at radius 1 is 1.16 bits per heavy atom. The number of carbonyl (C=O) groups is 2. The van der Waals surface area contributed by atoms with E-state index in [1.54, 1.807) is 0 Å². The number of hydrogen-bond donors (Lipinski definition) is 1. The number of fused-ring (bicyclic) bond motifs is 1. The van der Waals surface area contributed by atoms with Gasteiger partial charge < -0.3 is 5.32 Å². The number of Topliss-reactive ketones (excluding diaryl/α,β-unsaturated/α-hetero) is 2. The lowest BCUT2D eigenvalue weighted by Gasteiger charge is -2.20. The molecule has 0 aliphatic heterocycles. The third-order valence-corrected chi connectivity index (χ3v) is 4.47. The molecule has 0 radical (unpaired) electrons. The number of rotatable bonds is 2. The summed E-state index contributed by atoms with van der Waals surface area (Å²) < 4.78 is 39.0. The number of anilines is 1. The Labute approximate surface area is 148 Å². The number of hydrogen-bond acceptors (Lipinski definition) is 5. The molecule has 1 aromatic heterocycles. The summed E-state index contributed by atoms with van der Waals surface area (Å²) in [4.78, 5) is 32.4. The third kappa shape index (κ3) is 2.95. The second-order valence-electron chi connectivity index (χ2n) is 5.23. The van der Waals surface area contributed by atoms with Gasteiger partial charge in [0.1, 0.15) is 17.7 Å². The van der Waals surface area contributed by atoms with Crippen LogP contribution in [0.15, 0.2) is 40.9 Å². The van der Waals surface area contributed by atoms with Crippen LogP contribution in [0.3, 0.4) is 0 Å². The van der Waals surface area contributed by atoms with Gasteiger partial charge in [0.2, 0.25) is 11.6 Å². The smallest absolute Gasteiger partial charge is 0.351 e. The van der Waals surface area contributed by atoms with Crippen LogP contribution in [0.2, 0.25) is 0 Å². The monoisotopic (exact) mass is 411 g/mol. The Balaban J connectivity index is 2.06. The molecule has 128 valence electrons. The molecule has 0 atom stereocenters. The lowest BCUT2D eigenvalue weighted by atomic mass is 9.97. The van der Waals surface area contributed by atoms with E-state index in [4.69, 9.17) is 0 Å². The number of alkyl halides is 3. The van der Waals surface area contributed by atoms with Crippen molar-refractivity contribution >= 4 is 33.2 Å². The van der Waals surface area contributed by atoms with Crippen LogP contribution in [0.4, 0.5) is 18.9 Å². The second kappa shape index (κ2) is 6.07. The quantitative estimate of drug-likeness (QED) is 0.810. The van der Waals surface area contributed by atoms with Gasteiger partial charge in [0.05, 0.1) is 15.6 Å². The molecule has 1 aromatic carbocycles. The highest BCUT2D eigenvalue weighted by Gasteiger charge is 2.35. The maximum atomic E-state index is 13.0. The number of ketones is 2. The number of carbonyl (C=O) groups excluding carboxylic acids is 2.